The first-order chi connectivity index (χ1) is 12.2. The first kappa shape index (κ1) is 16.4. The molecular weight excluding hydrogens is 326 g/mol. The molecule has 8 nitrogen and oxygen atoms in total. The van der Waals surface area contributed by atoms with Gasteiger partial charge >= 0.3 is 5.97 Å². The number of amides is 1. The van der Waals surface area contributed by atoms with E-state index in [0.29, 0.717) is 36.0 Å². The maximum Gasteiger partial charge on any atom is 0.342 e. The molecule has 1 aromatic heterocycles. The fourth-order valence-corrected chi connectivity index (χ4v) is 2.27. The monoisotopic (exact) mass is 341 g/mol. The van der Waals surface area contributed by atoms with Crippen molar-refractivity contribution in [3.8, 4) is 35.1 Å². The summed E-state index contributed by atoms with van der Waals surface area (Å²) < 4.78 is 16.0. The van der Waals surface area contributed by atoms with Crippen molar-refractivity contribution in [1.82, 2.24) is 15.5 Å². The predicted molar refractivity (Wildman–Crippen MR) is 87.1 cm³/mol. The summed E-state index contributed by atoms with van der Waals surface area (Å²) in [6, 6.07) is 5.28. The van der Waals surface area contributed by atoms with Gasteiger partial charge in [0, 0.05) is 5.56 Å². The van der Waals surface area contributed by atoms with Crippen molar-refractivity contribution in [3.05, 3.63) is 30.0 Å². The van der Waals surface area contributed by atoms with Crippen LogP contribution in [0.3, 0.4) is 0 Å². The van der Waals surface area contributed by atoms with Crippen molar-refractivity contribution in [2.75, 3.05) is 26.4 Å². The van der Waals surface area contributed by atoms with E-state index in [1.807, 2.05) is 0 Å². The summed E-state index contributed by atoms with van der Waals surface area (Å²) in [7, 11) is 0. The lowest BCUT2D eigenvalue weighted by Crippen LogP contribution is -2.29. The highest BCUT2D eigenvalue weighted by Gasteiger charge is 2.20. The summed E-state index contributed by atoms with van der Waals surface area (Å²) >= 11 is 0. The standard InChI is InChI=1S/C17H15N3O5/c1-2-5-18-15(21)10-25-17(22)12-9-19-20-16(12)11-3-4-13-14(8-11)24-7-6-23-13/h1,3-4,8-9H,5-7,10H2,(H,18,21)(H,19,20). The number of hydrogen-bond acceptors (Lipinski definition) is 6. The quantitative estimate of drug-likeness (QED) is 0.615. The molecule has 0 saturated heterocycles. The van der Waals surface area contributed by atoms with Gasteiger partial charge in [0.15, 0.2) is 18.1 Å². The second-order valence-electron chi connectivity index (χ2n) is 5.07. The molecule has 2 aromatic rings. The molecule has 2 N–H and O–H groups in total. The molecule has 1 amide bonds. The molecule has 0 saturated carbocycles. The van der Waals surface area contributed by atoms with Crippen LogP contribution in [0.15, 0.2) is 24.4 Å². The van der Waals surface area contributed by atoms with Crippen LogP contribution < -0.4 is 14.8 Å². The number of benzene rings is 1. The number of rotatable bonds is 5. The van der Waals surface area contributed by atoms with Crippen molar-refractivity contribution in [3.63, 3.8) is 0 Å². The third kappa shape index (κ3) is 3.72. The van der Waals surface area contributed by atoms with E-state index in [0.717, 1.165) is 0 Å². The number of ether oxygens (including phenoxy) is 3. The summed E-state index contributed by atoms with van der Waals surface area (Å²) in [4.78, 5) is 23.7. The Morgan fingerprint density at radius 3 is 2.92 bits per heavy atom. The SMILES string of the molecule is C#CCNC(=O)COC(=O)c1cn[nH]c1-c1ccc2c(c1)OCCO2. The zero-order valence-electron chi connectivity index (χ0n) is 13.2. The van der Waals surface area contributed by atoms with Crippen molar-refractivity contribution in [1.29, 1.82) is 0 Å². The van der Waals surface area contributed by atoms with Crippen LogP contribution in [0.5, 0.6) is 11.5 Å². The van der Waals surface area contributed by atoms with Crippen LogP contribution in [0, 0.1) is 12.3 Å². The molecule has 3 rings (SSSR count). The fourth-order valence-electron chi connectivity index (χ4n) is 2.27. The number of fused-ring (bicyclic) bond motifs is 1. The van der Waals surface area contributed by atoms with Crippen molar-refractivity contribution >= 4 is 11.9 Å². The number of nitrogens with zero attached hydrogens (tertiary/aromatic N) is 1. The van der Waals surface area contributed by atoms with Crippen LogP contribution in [-0.2, 0) is 9.53 Å². The third-order valence-electron chi connectivity index (χ3n) is 3.41. The average Bonchev–Trinajstić information content (AvgIpc) is 3.14. The molecule has 0 unspecified atom stereocenters. The van der Waals surface area contributed by atoms with E-state index in [9.17, 15) is 9.59 Å². The highest BCUT2D eigenvalue weighted by molar-refractivity contribution is 5.97. The van der Waals surface area contributed by atoms with Gasteiger partial charge in [-0.25, -0.2) is 4.79 Å². The summed E-state index contributed by atoms with van der Waals surface area (Å²) in [5.74, 6) is 2.34. The second kappa shape index (κ2) is 7.40. The van der Waals surface area contributed by atoms with Crippen molar-refractivity contribution < 1.29 is 23.8 Å². The maximum absolute atomic E-state index is 12.2. The maximum atomic E-state index is 12.2. The van der Waals surface area contributed by atoms with E-state index in [2.05, 4.69) is 21.4 Å². The molecule has 128 valence electrons. The lowest BCUT2D eigenvalue weighted by molar-refractivity contribution is -0.123. The molecule has 0 atom stereocenters. The van der Waals surface area contributed by atoms with Crippen molar-refractivity contribution in [2.45, 2.75) is 0 Å². The van der Waals surface area contributed by atoms with Gasteiger partial charge in [0.1, 0.15) is 18.8 Å². The summed E-state index contributed by atoms with van der Waals surface area (Å²) in [6.07, 6.45) is 6.38. The first-order valence-corrected chi connectivity index (χ1v) is 7.49. The van der Waals surface area contributed by atoms with E-state index in [1.165, 1.54) is 6.20 Å². The molecule has 8 heteroatoms. The Morgan fingerprint density at radius 2 is 2.12 bits per heavy atom. The van der Waals surface area contributed by atoms with Crippen LogP contribution in [-0.4, -0.2) is 48.4 Å². The predicted octanol–water partition coefficient (Wildman–Crippen LogP) is 0.754. The number of aromatic amines is 1. The third-order valence-corrected chi connectivity index (χ3v) is 3.41. The Bertz CT molecular complexity index is 837. The van der Waals surface area contributed by atoms with Gasteiger partial charge in [0.25, 0.3) is 5.91 Å². The molecule has 1 aromatic carbocycles. The molecule has 1 aliphatic heterocycles. The second-order valence-corrected chi connectivity index (χ2v) is 5.07. The van der Waals surface area contributed by atoms with Gasteiger partial charge in [0.2, 0.25) is 0 Å². The number of nitrogens with one attached hydrogen (secondary N) is 2. The number of esters is 1. The minimum absolute atomic E-state index is 0.0739. The molecule has 25 heavy (non-hydrogen) atoms. The van der Waals surface area contributed by atoms with Crippen LogP contribution in [0.1, 0.15) is 10.4 Å². The highest BCUT2D eigenvalue weighted by Crippen LogP contribution is 2.34. The van der Waals surface area contributed by atoms with E-state index in [4.69, 9.17) is 20.6 Å². The molecule has 0 spiro atoms. The van der Waals surface area contributed by atoms with E-state index in [-0.39, 0.29) is 12.1 Å². The van der Waals surface area contributed by atoms with Gasteiger partial charge in [0.05, 0.1) is 18.4 Å². The minimum Gasteiger partial charge on any atom is -0.486 e. The number of aromatic nitrogens is 2. The van der Waals surface area contributed by atoms with E-state index in [1.54, 1.807) is 18.2 Å². The fraction of sp³-hybridized carbons (Fsp3) is 0.235. The number of carbonyl (C=O) groups excluding carboxylic acids is 2. The Hall–Kier alpha value is -3.47. The number of carbonyl (C=O) groups is 2. The topological polar surface area (TPSA) is 103 Å². The Kier molecular flexibility index (Phi) is 4.85. The number of terminal acetylenes is 1. The molecule has 0 aliphatic carbocycles. The van der Waals surface area contributed by atoms with Crippen LogP contribution in [0.4, 0.5) is 0 Å². The molecule has 1 aliphatic rings. The molecular formula is C17H15N3O5. The van der Waals surface area contributed by atoms with E-state index >= 15 is 0 Å². The Morgan fingerprint density at radius 1 is 1.32 bits per heavy atom. The Balaban J connectivity index is 1.73. The normalized spacial score (nSPS) is 12.1. The van der Waals surface area contributed by atoms with Gasteiger partial charge in [-0.2, -0.15) is 5.10 Å². The number of hydrogen-bond donors (Lipinski definition) is 2. The first-order valence-electron chi connectivity index (χ1n) is 7.49. The summed E-state index contributed by atoms with van der Waals surface area (Å²) in [5.41, 5.74) is 1.36. The molecule has 0 bridgehead atoms. The average molecular weight is 341 g/mol. The van der Waals surface area contributed by atoms with Crippen LogP contribution in [0.2, 0.25) is 0 Å². The summed E-state index contributed by atoms with van der Waals surface area (Å²) in [6.45, 7) is 0.605. The zero-order valence-corrected chi connectivity index (χ0v) is 13.2. The van der Waals surface area contributed by atoms with Gasteiger partial charge in [-0.05, 0) is 18.2 Å². The van der Waals surface area contributed by atoms with Gasteiger partial charge in [-0.1, -0.05) is 5.92 Å². The molecule has 0 radical (unpaired) electrons. The Labute approximate surface area is 143 Å². The number of H-pyrrole nitrogens is 1. The van der Waals surface area contributed by atoms with Gasteiger partial charge in [-0.3, -0.25) is 9.89 Å². The summed E-state index contributed by atoms with van der Waals surface area (Å²) in [5, 5.41) is 9.05. The lowest BCUT2D eigenvalue weighted by atomic mass is 10.1. The van der Waals surface area contributed by atoms with Crippen LogP contribution in [0.25, 0.3) is 11.3 Å². The van der Waals surface area contributed by atoms with Gasteiger partial charge in [-0.15, -0.1) is 6.42 Å². The van der Waals surface area contributed by atoms with E-state index < -0.39 is 18.5 Å². The van der Waals surface area contributed by atoms with Gasteiger partial charge < -0.3 is 19.5 Å². The lowest BCUT2D eigenvalue weighted by Gasteiger charge is -2.18. The molecule has 2 heterocycles. The van der Waals surface area contributed by atoms with Crippen LogP contribution >= 0.6 is 0 Å². The van der Waals surface area contributed by atoms with Crippen molar-refractivity contribution in [2.24, 2.45) is 0 Å². The smallest absolute Gasteiger partial charge is 0.342 e. The zero-order chi connectivity index (χ0) is 17.6. The molecule has 0 fully saturated rings. The highest BCUT2D eigenvalue weighted by atomic mass is 16.6. The largest absolute Gasteiger partial charge is 0.486 e. The minimum atomic E-state index is -0.672.